The summed E-state index contributed by atoms with van der Waals surface area (Å²) in [6, 6.07) is 10.7. The van der Waals surface area contributed by atoms with Gasteiger partial charge < -0.3 is 10.6 Å². The fraction of sp³-hybridized carbons (Fsp3) is 0.0588. The van der Waals surface area contributed by atoms with Crippen LogP contribution in [0, 0.1) is 21.4 Å². The van der Waals surface area contributed by atoms with Crippen LogP contribution in [0.2, 0.25) is 0 Å². The molecule has 138 valence electrons. The number of nitrogens with one attached hydrogen (secondary N) is 2. The highest BCUT2D eigenvalue weighted by Crippen LogP contribution is 2.29. The van der Waals surface area contributed by atoms with Crippen LogP contribution >= 0.6 is 0 Å². The normalized spacial score (nSPS) is 11.4. The number of carbonyl (C=O) groups is 1. The van der Waals surface area contributed by atoms with Crippen molar-refractivity contribution in [3.63, 3.8) is 0 Å². The van der Waals surface area contributed by atoms with Crippen LogP contribution < -0.4 is 10.6 Å². The SMILES string of the molecule is N#C/C(=C/Nc1ccc(C(F)(F)F)cc1)C(=O)Nc1ccc([N+](=O)[O-])cc1. The number of hydrogen-bond donors (Lipinski definition) is 2. The molecule has 0 aliphatic heterocycles. The number of alkyl halides is 3. The van der Waals surface area contributed by atoms with E-state index in [0.29, 0.717) is 0 Å². The molecule has 10 heteroatoms. The Hall–Kier alpha value is -3.87. The Labute approximate surface area is 150 Å². The largest absolute Gasteiger partial charge is 0.416 e. The number of nitrogens with zero attached hydrogens (tertiary/aromatic N) is 2. The fourth-order valence-electron chi connectivity index (χ4n) is 1.92. The second kappa shape index (κ2) is 8.01. The number of amides is 1. The van der Waals surface area contributed by atoms with Crippen molar-refractivity contribution in [2.75, 3.05) is 10.6 Å². The van der Waals surface area contributed by atoms with Crippen molar-refractivity contribution >= 4 is 23.0 Å². The van der Waals surface area contributed by atoms with Gasteiger partial charge in [0.2, 0.25) is 0 Å². The van der Waals surface area contributed by atoms with Crippen molar-refractivity contribution in [1.29, 1.82) is 5.26 Å². The Bertz CT molecular complexity index is 914. The van der Waals surface area contributed by atoms with Gasteiger partial charge in [-0.15, -0.1) is 0 Å². The average Bonchev–Trinajstić information content (AvgIpc) is 2.62. The fourth-order valence-corrected chi connectivity index (χ4v) is 1.92. The zero-order valence-corrected chi connectivity index (χ0v) is 13.4. The number of halogens is 3. The van der Waals surface area contributed by atoms with Crippen LogP contribution in [0.4, 0.5) is 30.2 Å². The average molecular weight is 376 g/mol. The van der Waals surface area contributed by atoms with E-state index in [1.807, 2.05) is 0 Å². The highest BCUT2D eigenvalue weighted by atomic mass is 19.4. The number of nitro groups is 1. The number of hydrogen-bond acceptors (Lipinski definition) is 5. The van der Waals surface area contributed by atoms with E-state index in [-0.39, 0.29) is 22.6 Å². The van der Waals surface area contributed by atoms with Crippen LogP contribution in [0.15, 0.2) is 60.3 Å². The molecule has 0 heterocycles. The summed E-state index contributed by atoms with van der Waals surface area (Å²) in [7, 11) is 0. The molecule has 0 atom stereocenters. The lowest BCUT2D eigenvalue weighted by Crippen LogP contribution is -2.14. The number of nitro benzene ring substituents is 1. The summed E-state index contributed by atoms with van der Waals surface area (Å²) < 4.78 is 37.5. The van der Waals surface area contributed by atoms with Crippen molar-refractivity contribution in [1.82, 2.24) is 0 Å². The zero-order valence-electron chi connectivity index (χ0n) is 13.4. The highest BCUT2D eigenvalue weighted by molar-refractivity contribution is 6.06. The predicted molar refractivity (Wildman–Crippen MR) is 90.5 cm³/mol. The third-order valence-electron chi connectivity index (χ3n) is 3.30. The van der Waals surface area contributed by atoms with Gasteiger partial charge in [0, 0.05) is 29.7 Å². The van der Waals surface area contributed by atoms with Gasteiger partial charge in [-0.25, -0.2) is 0 Å². The van der Waals surface area contributed by atoms with Crippen LogP contribution in [0.1, 0.15) is 5.56 Å². The van der Waals surface area contributed by atoms with E-state index in [9.17, 15) is 28.1 Å². The molecular formula is C17H11F3N4O3. The van der Waals surface area contributed by atoms with Gasteiger partial charge in [-0.3, -0.25) is 14.9 Å². The van der Waals surface area contributed by atoms with E-state index in [1.54, 1.807) is 6.07 Å². The molecule has 7 nitrogen and oxygen atoms in total. The molecule has 0 aliphatic carbocycles. The van der Waals surface area contributed by atoms with Crippen LogP contribution in [0.3, 0.4) is 0 Å². The molecule has 27 heavy (non-hydrogen) atoms. The van der Waals surface area contributed by atoms with Crippen LogP contribution in [0.5, 0.6) is 0 Å². The van der Waals surface area contributed by atoms with E-state index in [0.717, 1.165) is 30.5 Å². The number of carbonyl (C=O) groups excluding carboxylic acids is 1. The maximum atomic E-state index is 12.5. The molecule has 0 saturated carbocycles. The minimum atomic E-state index is -4.46. The van der Waals surface area contributed by atoms with Crippen molar-refractivity contribution in [3.05, 3.63) is 76.0 Å². The van der Waals surface area contributed by atoms with Gasteiger partial charge in [-0.1, -0.05) is 0 Å². The number of nitriles is 1. The van der Waals surface area contributed by atoms with Gasteiger partial charge in [0.15, 0.2) is 0 Å². The lowest BCUT2D eigenvalue weighted by Gasteiger charge is -2.08. The van der Waals surface area contributed by atoms with E-state index in [1.165, 1.54) is 24.3 Å². The van der Waals surface area contributed by atoms with Gasteiger partial charge in [-0.05, 0) is 36.4 Å². The van der Waals surface area contributed by atoms with Gasteiger partial charge in [0.1, 0.15) is 11.6 Å². The Kier molecular flexibility index (Phi) is 5.77. The summed E-state index contributed by atoms with van der Waals surface area (Å²) >= 11 is 0. The van der Waals surface area contributed by atoms with E-state index in [4.69, 9.17) is 5.26 Å². The second-order valence-corrected chi connectivity index (χ2v) is 5.15. The van der Waals surface area contributed by atoms with Crippen molar-refractivity contribution in [2.45, 2.75) is 6.18 Å². The molecule has 0 fully saturated rings. The van der Waals surface area contributed by atoms with Crippen molar-refractivity contribution in [3.8, 4) is 6.07 Å². The molecule has 0 saturated heterocycles. The van der Waals surface area contributed by atoms with Crippen LogP contribution in [0.25, 0.3) is 0 Å². The standard InChI is InChI=1S/C17H11F3N4O3/c18-17(19,20)12-1-3-13(4-2-12)22-10-11(9-21)16(25)23-14-5-7-15(8-6-14)24(26)27/h1-8,10,22H,(H,23,25)/b11-10-. The molecule has 0 radical (unpaired) electrons. The molecule has 0 aromatic heterocycles. The second-order valence-electron chi connectivity index (χ2n) is 5.15. The Morgan fingerprint density at radius 2 is 1.63 bits per heavy atom. The molecule has 2 aromatic carbocycles. The molecule has 0 spiro atoms. The number of non-ortho nitro benzene ring substituents is 1. The first-order valence-corrected chi connectivity index (χ1v) is 7.30. The Morgan fingerprint density at radius 3 is 2.11 bits per heavy atom. The first-order chi connectivity index (χ1) is 12.7. The van der Waals surface area contributed by atoms with Gasteiger partial charge >= 0.3 is 6.18 Å². The van der Waals surface area contributed by atoms with Crippen molar-refractivity contribution < 1.29 is 22.9 Å². The van der Waals surface area contributed by atoms with Gasteiger partial charge in [0.25, 0.3) is 11.6 Å². The first kappa shape index (κ1) is 19.5. The third-order valence-corrected chi connectivity index (χ3v) is 3.30. The predicted octanol–water partition coefficient (Wildman–Crippen LogP) is 4.07. The zero-order chi connectivity index (χ0) is 20.0. The highest BCUT2D eigenvalue weighted by Gasteiger charge is 2.29. The van der Waals surface area contributed by atoms with Crippen molar-refractivity contribution in [2.24, 2.45) is 0 Å². The molecule has 2 N–H and O–H groups in total. The number of rotatable bonds is 5. The lowest BCUT2D eigenvalue weighted by atomic mass is 10.2. The molecule has 0 unspecified atom stereocenters. The van der Waals surface area contributed by atoms with Crippen LogP contribution in [-0.2, 0) is 11.0 Å². The number of anilines is 2. The minimum Gasteiger partial charge on any atom is -0.360 e. The molecule has 1 amide bonds. The molecule has 2 rings (SSSR count). The molecular weight excluding hydrogens is 365 g/mol. The molecule has 0 bridgehead atoms. The molecule has 2 aromatic rings. The van der Waals surface area contributed by atoms with E-state index >= 15 is 0 Å². The smallest absolute Gasteiger partial charge is 0.360 e. The number of benzene rings is 2. The van der Waals surface area contributed by atoms with E-state index in [2.05, 4.69) is 10.6 Å². The Balaban J connectivity index is 2.05. The lowest BCUT2D eigenvalue weighted by molar-refractivity contribution is -0.384. The van der Waals surface area contributed by atoms with Gasteiger partial charge in [-0.2, -0.15) is 18.4 Å². The minimum absolute atomic E-state index is 0.159. The monoisotopic (exact) mass is 376 g/mol. The Morgan fingerprint density at radius 1 is 1.07 bits per heavy atom. The molecule has 0 aliphatic rings. The topological polar surface area (TPSA) is 108 Å². The van der Waals surface area contributed by atoms with Gasteiger partial charge in [0.05, 0.1) is 10.5 Å². The summed E-state index contributed by atoms with van der Waals surface area (Å²) in [5, 5.41) is 24.6. The summed E-state index contributed by atoms with van der Waals surface area (Å²) in [6.07, 6.45) is -3.42. The third kappa shape index (κ3) is 5.30. The first-order valence-electron chi connectivity index (χ1n) is 7.30. The van der Waals surface area contributed by atoms with Crippen LogP contribution in [-0.4, -0.2) is 10.8 Å². The summed E-state index contributed by atoms with van der Waals surface area (Å²) in [5.41, 5.74) is -0.838. The summed E-state index contributed by atoms with van der Waals surface area (Å²) in [5.74, 6) is -0.786. The quantitative estimate of drug-likeness (QED) is 0.354. The maximum Gasteiger partial charge on any atom is 0.416 e. The summed E-state index contributed by atoms with van der Waals surface area (Å²) in [4.78, 5) is 22.0. The van der Waals surface area contributed by atoms with E-state index < -0.39 is 22.6 Å². The maximum absolute atomic E-state index is 12.5. The summed E-state index contributed by atoms with van der Waals surface area (Å²) in [6.45, 7) is 0.